The maximum absolute atomic E-state index is 14.2. The molecule has 4 fully saturated rings. The number of carbonyl (C=O) groups excluding carboxylic acids is 2. The van der Waals surface area contributed by atoms with Crippen LogP contribution in [0.1, 0.15) is 62.5 Å². The number of aliphatic hydroxyl groups is 1. The maximum Gasteiger partial charge on any atom is 0.470 e. The van der Waals surface area contributed by atoms with Gasteiger partial charge in [-0.2, -0.15) is 0 Å². The molecule has 0 radical (unpaired) electrons. The molecule has 7 rings (SSSR count). The Balaban J connectivity index is 1.20. The lowest BCUT2D eigenvalue weighted by atomic mass is 9.46. The van der Waals surface area contributed by atoms with Crippen molar-refractivity contribution in [2.75, 3.05) is 12.3 Å². The Morgan fingerprint density at radius 1 is 1.13 bits per heavy atom. The predicted molar refractivity (Wildman–Crippen MR) is 168 cm³/mol. The van der Waals surface area contributed by atoms with E-state index >= 15 is 0 Å². The number of phosphoric acid groups is 1. The Hall–Kier alpha value is -2.95. The minimum Gasteiger partial charge on any atom is -0.399 e. The van der Waals surface area contributed by atoms with Gasteiger partial charge in [0.25, 0.3) is 0 Å². The van der Waals surface area contributed by atoms with Crippen molar-refractivity contribution in [2.24, 2.45) is 28.6 Å². The zero-order valence-corrected chi connectivity index (χ0v) is 26.8. The number of ketones is 2. The molecule has 2 aromatic carbocycles. The molecule has 0 unspecified atom stereocenters. The molecule has 244 valence electrons. The first-order valence-electron chi connectivity index (χ1n) is 15.9. The molecule has 1 heterocycles. The summed E-state index contributed by atoms with van der Waals surface area (Å²) < 4.78 is 29.7. The van der Waals surface area contributed by atoms with Crippen molar-refractivity contribution in [2.45, 2.75) is 70.1 Å². The van der Waals surface area contributed by atoms with Gasteiger partial charge in [-0.1, -0.05) is 61.9 Å². The van der Waals surface area contributed by atoms with E-state index in [1.54, 1.807) is 12.2 Å². The SMILES string of the molecule is C[C@]12C=CC(=O)C=C1CC[C@@H]1[C@@H]2[C@@H](O)C[C@@]2(C)[C@H]1C[C@H]1O[C@@H](c3ccc(Cc4cccc(N)c4)cc3)O[C@]12C(=O)COP(=O)(O)O. The molecule has 0 aromatic heterocycles. The number of phosphoric ester groups is 1. The quantitative estimate of drug-likeness (QED) is 0.246. The molecule has 10 nitrogen and oxygen atoms in total. The molecule has 5 N–H and O–H groups in total. The van der Waals surface area contributed by atoms with E-state index in [1.165, 1.54) is 0 Å². The van der Waals surface area contributed by atoms with Gasteiger partial charge in [0.15, 0.2) is 23.5 Å². The van der Waals surface area contributed by atoms with Crippen molar-refractivity contribution < 1.29 is 43.0 Å². The molecule has 1 aliphatic heterocycles. The average Bonchev–Trinajstić information content (AvgIpc) is 3.49. The summed E-state index contributed by atoms with van der Waals surface area (Å²) in [6, 6.07) is 15.4. The number of nitrogen functional groups attached to an aromatic ring is 1. The van der Waals surface area contributed by atoms with Crippen LogP contribution in [-0.2, 0) is 34.6 Å². The third kappa shape index (κ3) is 4.97. The molecular weight excluding hydrogens is 609 g/mol. The van der Waals surface area contributed by atoms with Crippen LogP contribution >= 0.6 is 7.82 Å². The fourth-order valence-electron chi connectivity index (χ4n) is 9.70. The number of benzene rings is 2. The second-order valence-electron chi connectivity index (χ2n) is 14.1. The van der Waals surface area contributed by atoms with Crippen LogP contribution < -0.4 is 5.73 Å². The molecule has 46 heavy (non-hydrogen) atoms. The minimum absolute atomic E-state index is 0.00341. The van der Waals surface area contributed by atoms with Gasteiger partial charge >= 0.3 is 7.82 Å². The van der Waals surface area contributed by atoms with Crippen molar-refractivity contribution >= 4 is 25.1 Å². The van der Waals surface area contributed by atoms with Crippen LogP contribution in [0.5, 0.6) is 0 Å². The molecule has 4 aliphatic carbocycles. The summed E-state index contributed by atoms with van der Waals surface area (Å²) in [5, 5.41) is 11.9. The molecule has 11 heteroatoms. The summed E-state index contributed by atoms with van der Waals surface area (Å²) in [7, 11) is -4.95. The van der Waals surface area contributed by atoms with Gasteiger partial charge in [0.2, 0.25) is 0 Å². The molecule has 0 amide bonds. The number of fused-ring (bicyclic) bond motifs is 7. The number of hydrogen-bond donors (Lipinski definition) is 4. The molecule has 1 saturated heterocycles. The van der Waals surface area contributed by atoms with Crippen LogP contribution in [0.25, 0.3) is 0 Å². The van der Waals surface area contributed by atoms with E-state index in [0.717, 1.165) is 23.1 Å². The average molecular weight is 650 g/mol. The standard InChI is InChI=1S/C35H40NO9P/c1-33-13-12-25(37)16-23(33)10-11-26-27-17-30-35(29(39)19-43-46(40,41)42,34(27,2)18-28(38)31(26)33)45-32(44-30)22-8-6-20(7-9-22)14-21-4-3-5-24(36)15-21/h3-9,12-13,15-16,26-28,30-32,38H,10-11,14,17-19,36H2,1-2H3,(H2,40,41,42)/t26-,27-,28-,30+,31+,32+,33-,34-,35+/m0/s1. The monoisotopic (exact) mass is 649 g/mol. The third-order valence-electron chi connectivity index (χ3n) is 11.6. The van der Waals surface area contributed by atoms with Gasteiger partial charge < -0.3 is 30.1 Å². The predicted octanol–water partition coefficient (Wildman–Crippen LogP) is 4.58. The first-order valence-corrected chi connectivity index (χ1v) is 17.4. The number of carbonyl (C=O) groups is 2. The highest BCUT2D eigenvalue weighted by molar-refractivity contribution is 7.46. The number of aliphatic hydroxyl groups excluding tert-OH is 1. The normalized spacial score (nSPS) is 38.0. The van der Waals surface area contributed by atoms with E-state index in [-0.39, 0.29) is 30.0 Å². The Kier molecular flexibility index (Phi) is 7.61. The molecule has 9 atom stereocenters. The molecule has 0 spiro atoms. The van der Waals surface area contributed by atoms with Gasteiger partial charge in [0.05, 0.1) is 12.2 Å². The van der Waals surface area contributed by atoms with Crippen LogP contribution in [0.4, 0.5) is 5.69 Å². The van der Waals surface area contributed by atoms with E-state index in [9.17, 15) is 29.0 Å². The summed E-state index contributed by atoms with van der Waals surface area (Å²) in [4.78, 5) is 45.3. The van der Waals surface area contributed by atoms with Crippen molar-refractivity contribution in [3.8, 4) is 0 Å². The van der Waals surface area contributed by atoms with Gasteiger partial charge in [-0.15, -0.1) is 0 Å². The number of hydrogen-bond acceptors (Lipinski definition) is 8. The highest BCUT2D eigenvalue weighted by atomic mass is 31.2. The first kappa shape index (κ1) is 31.6. The third-order valence-corrected chi connectivity index (χ3v) is 12.1. The fraction of sp³-hybridized carbons (Fsp3) is 0.486. The number of ether oxygens (including phenoxy) is 2. The van der Waals surface area contributed by atoms with E-state index < -0.39 is 55.1 Å². The number of Topliss-reactive ketones (excluding diaryl/α,β-unsaturated/α-hetero) is 1. The zero-order valence-electron chi connectivity index (χ0n) is 25.9. The lowest BCUT2D eigenvalue weighted by Crippen LogP contribution is -2.63. The molecule has 2 aromatic rings. The summed E-state index contributed by atoms with van der Waals surface area (Å²) in [5.41, 5.74) is 7.50. The number of allylic oxidation sites excluding steroid dienone is 4. The lowest BCUT2D eigenvalue weighted by Gasteiger charge is -2.59. The van der Waals surface area contributed by atoms with Gasteiger partial charge in [-0.3, -0.25) is 14.1 Å². The first-order chi connectivity index (χ1) is 21.7. The number of nitrogens with two attached hydrogens (primary N) is 1. The highest BCUT2D eigenvalue weighted by Gasteiger charge is 2.76. The Bertz CT molecular complexity index is 1680. The Morgan fingerprint density at radius 2 is 1.89 bits per heavy atom. The second kappa shape index (κ2) is 11.1. The van der Waals surface area contributed by atoms with Crippen LogP contribution in [0.2, 0.25) is 0 Å². The summed E-state index contributed by atoms with van der Waals surface area (Å²) in [6.45, 7) is 3.17. The van der Waals surface area contributed by atoms with Gasteiger partial charge in [-0.05, 0) is 79.4 Å². The van der Waals surface area contributed by atoms with Gasteiger partial charge in [0, 0.05) is 28.0 Å². The fourth-order valence-corrected chi connectivity index (χ4v) is 9.98. The smallest absolute Gasteiger partial charge is 0.399 e. The molecule has 3 saturated carbocycles. The van der Waals surface area contributed by atoms with Crippen LogP contribution in [-0.4, -0.2) is 50.9 Å². The van der Waals surface area contributed by atoms with Gasteiger partial charge in [-0.25, -0.2) is 4.57 Å². The summed E-state index contributed by atoms with van der Waals surface area (Å²) in [5.74, 6) is -0.907. The lowest BCUT2D eigenvalue weighted by molar-refractivity contribution is -0.200. The van der Waals surface area contributed by atoms with Crippen molar-refractivity contribution in [1.29, 1.82) is 0 Å². The van der Waals surface area contributed by atoms with E-state index in [4.69, 9.17) is 19.7 Å². The molecular formula is C35H40NO9P. The summed E-state index contributed by atoms with van der Waals surface area (Å²) in [6.07, 6.45) is 5.59. The molecule has 5 aliphatic rings. The van der Waals surface area contributed by atoms with Crippen molar-refractivity contribution in [3.63, 3.8) is 0 Å². The van der Waals surface area contributed by atoms with Crippen LogP contribution in [0.15, 0.2) is 72.3 Å². The van der Waals surface area contributed by atoms with Crippen molar-refractivity contribution in [3.05, 3.63) is 89.0 Å². The van der Waals surface area contributed by atoms with E-state index in [1.807, 2.05) is 61.5 Å². The molecule has 0 bridgehead atoms. The number of anilines is 1. The summed E-state index contributed by atoms with van der Waals surface area (Å²) >= 11 is 0. The van der Waals surface area contributed by atoms with E-state index in [2.05, 4.69) is 6.92 Å². The van der Waals surface area contributed by atoms with Gasteiger partial charge in [0.1, 0.15) is 6.61 Å². The number of rotatable bonds is 7. The Morgan fingerprint density at radius 3 is 2.61 bits per heavy atom. The van der Waals surface area contributed by atoms with Crippen molar-refractivity contribution in [1.82, 2.24) is 0 Å². The Labute approximate surface area is 267 Å². The largest absolute Gasteiger partial charge is 0.470 e. The zero-order chi connectivity index (χ0) is 32.6. The minimum atomic E-state index is -4.95. The topological polar surface area (TPSA) is 166 Å². The maximum atomic E-state index is 14.2. The van der Waals surface area contributed by atoms with Crippen LogP contribution in [0, 0.1) is 28.6 Å². The van der Waals surface area contributed by atoms with Crippen LogP contribution in [0.3, 0.4) is 0 Å². The highest BCUT2D eigenvalue weighted by Crippen LogP contribution is 2.70. The second-order valence-corrected chi connectivity index (χ2v) is 15.3. The van der Waals surface area contributed by atoms with E-state index in [0.29, 0.717) is 30.5 Å².